The molecule has 3 aromatic rings. The molecule has 4 rings (SSSR count). The predicted molar refractivity (Wildman–Crippen MR) is 124 cm³/mol. The van der Waals surface area contributed by atoms with Crippen molar-refractivity contribution in [1.82, 2.24) is 4.90 Å². The highest BCUT2D eigenvalue weighted by atomic mass is 35.5. The summed E-state index contributed by atoms with van der Waals surface area (Å²) in [6.45, 7) is 4.70. The molecule has 1 aliphatic rings. The van der Waals surface area contributed by atoms with Crippen LogP contribution in [0.25, 0.3) is 10.8 Å². The minimum Gasteiger partial charge on any atom is -0.471 e. The van der Waals surface area contributed by atoms with Crippen molar-refractivity contribution in [3.63, 3.8) is 0 Å². The zero-order chi connectivity index (χ0) is 21.1. The van der Waals surface area contributed by atoms with E-state index in [-0.39, 0.29) is 11.9 Å². The molecule has 0 bridgehead atoms. The molecule has 0 atom stereocenters. The molecular weight excluding hydrogens is 419 g/mol. The fourth-order valence-corrected chi connectivity index (χ4v) is 4.73. The molecule has 0 unspecified atom stereocenters. The van der Waals surface area contributed by atoms with Gasteiger partial charge in [-0.05, 0) is 56.0 Å². The summed E-state index contributed by atoms with van der Waals surface area (Å²) >= 11 is 12.1. The maximum Gasteiger partial charge on any atom is 0.224 e. The van der Waals surface area contributed by atoms with Gasteiger partial charge in [0.25, 0.3) is 0 Å². The number of anilines is 1. The van der Waals surface area contributed by atoms with E-state index in [0.29, 0.717) is 10.0 Å². The van der Waals surface area contributed by atoms with Gasteiger partial charge in [0.2, 0.25) is 5.91 Å². The fourth-order valence-electron chi connectivity index (χ4n) is 4.41. The van der Waals surface area contributed by atoms with Crippen LogP contribution in [0.3, 0.4) is 0 Å². The Balaban J connectivity index is 1.34. The Bertz CT molecular complexity index is 1020. The third-order valence-electron chi connectivity index (χ3n) is 5.94. The maximum absolute atomic E-state index is 12.5. The number of hydrogen-bond acceptors (Lipinski definition) is 3. The number of carbonyl (C=O) groups excluding carboxylic acids is 1. The summed E-state index contributed by atoms with van der Waals surface area (Å²) in [6, 6.07) is 12.1. The number of likely N-dealkylation sites (tertiary alicyclic amines) is 1. The fraction of sp³-hybridized carbons (Fsp3) is 0.375. The Morgan fingerprint density at radius 3 is 2.67 bits per heavy atom. The van der Waals surface area contributed by atoms with Crippen LogP contribution >= 0.6 is 23.2 Å². The van der Waals surface area contributed by atoms with E-state index in [1.807, 2.05) is 41.3 Å². The van der Waals surface area contributed by atoms with Gasteiger partial charge in [-0.2, -0.15) is 0 Å². The van der Waals surface area contributed by atoms with Gasteiger partial charge in [-0.1, -0.05) is 41.4 Å². The van der Waals surface area contributed by atoms with Crippen molar-refractivity contribution >= 4 is 45.6 Å². The summed E-state index contributed by atoms with van der Waals surface area (Å²) in [7, 11) is 0. The minimum absolute atomic E-state index is 0.0850. The summed E-state index contributed by atoms with van der Waals surface area (Å²) in [5.74, 6) is 0.0850. The zero-order valence-corrected chi connectivity index (χ0v) is 18.6. The second kappa shape index (κ2) is 9.42. The van der Waals surface area contributed by atoms with Gasteiger partial charge in [-0.25, -0.2) is 0 Å². The van der Waals surface area contributed by atoms with Gasteiger partial charge in [-0.3, -0.25) is 4.79 Å². The molecular formula is C24H26Cl2N2O2. The van der Waals surface area contributed by atoms with E-state index in [4.69, 9.17) is 27.6 Å². The summed E-state index contributed by atoms with van der Waals surface area (Å²) in [4.78, 5) is 17.0. The Morgan fingerprint density at radius 2 is 1.93 bits per heavy atom. The lowest BCUT2D eigenvalue weighted by Crippen LogP contribution is -2.47. The van der Waals surface area contributed by atoms with Crippen molar-refractivity contribution in [2.45, 2.75) is 38.6 Å². The first kappa shape index (κ1) is 21.2. The molecule has 0 radical (unpaired) electrons. The van der Waals surface area contributed by atoms with Gasteiger partial charge in [0, 0.05) is 36.8 Å². The van der Waals surface area contributed by atoms with Gasteiger partial charge in [-0.15, -0.1) is 0 Å². The molecule has 2 aromatic carbocycles. The molecule has 0 N–H and O–H groups in total. The van der Waals surface area contributed by atoms with Gasteiger partial charge < -0.3 is 14.2 Å². The Hall–Kier alpha value is -2.01. The Labute approximate surface area is 187 Å². The number of benzene rings is 2. The molecule has 1 aromatic heterocycles. The van der Waals surface area contributed by atoms with Gasteiger partial charge in [0.1, 0.15) is 6.26 Å². The van der Waals surface area contributed by atoms with Crippen LogP contribution in [0.5, 0.6) is 0 Å². The summed E-state index contributed by atoms with van der Waals surface area (Å²) in [6.07, 6.45) is 7.47. The van der Waals surface area contributed by atoms with Crippen LogP contribution in [0.15, 0.2) is 53.3 Å². The first-order chi connectivity index (χ1) is 14.5. The number of piperidine rings is 1. The third kappa shape index (κ3) is 4.66. The molecule has 0 spiro atoms. The van der Waals surface area contributed by atoms with Crippen molar-refractivity contribution in [3.05, 3.63) is 64.5 Å². The Kier molecular flexibility index (Phi) is 6.67. The van der Waals surface area contributed by atoms with Crippen LogP contribution in [0.4, 0.5) is 5.69 Å². The van der Waals surface area contributed by atoms with E-state index >= 15 is 0 Å². The molecule has 2 heterocycles. The number of aryl methyl sites for hydroxylation is 1. The SMILES string of the molecule is CC(=O)N(c1cccc2cocc12)C1CCN(CCCc2ccc(Cl)c(Cl)c2)CC1. The average Bonchev–Trinajstić information content (AvgIpc) is 3.21. The summed E-state index contributed by atoms with van der Waals surface area (Å²) < 4.78 is 5.37. The number of fused-ring (bicyclic) bond motifs is 1. The number of hydrogen-bond donors (Lipinski definition) is 0. The molecule has 1 aliphatic heterocycles. The normalized spacial score (nSPS) is 15.6. The molecule has 158 valence electrons. The number of nitrogens with zero attached hydrogens (tertiary/aromatic N) is 2. The smallest absolute Gasteiger partial charge is 0.224 e. The monoisotopic (exact) mass is 444 g/mol. The van der Waals surface area contributed by atoms with Crippen LogP contribution in [0.2, 0.25) is 10.0 Å². The van der Waals surface area contributed by atoms with Crippen molar-refractivity contribution in [3.8, 4) is 0 Å². The Morgan fingerprint density at radius 1 is 1.13 bits per heavy atom. The second-order valence-electron chi connectivity index (χ2n) is 7.97. The van der Waals surface area contributed by atoms with Crippen LogP contribution in [0, 0.1) is 0 Å². The van der Waals surface area contributed by atoms with E-state index in [0.717, 1.165) is 61.8 Å². The molecule has 1 fully saturated rings. The highest BCUT2D eigenvalue weighted by Crippen LogP contribution is 2.32. The van der Waals surface area contributed by atoms with Crippen LogP contribution in [-0.4, -0.2) is 36.5 Å². The number of amides is 1. The molecule has 6 heteroatoms. The lowest BCUT2D eigenvalue weighted by Gasteiger charge is -2.38. The van der Waals surface area contributed by atoms with E-state index in [9.17, 15) is 4.79 Å². The molecule has 0 aliphatic carbocycles. The second-order valence-corrected chi connectivity index (χ2v) is 8.78. The molecule has 1 saturated heterocycles. The van der Waals surface area contributed by atoms with Crippen molar-refractivity contribution in [2.24, 2.45) is 0 Å². The van der Waals surface area contributed by atoms with E-state index in [1.165, 1.54) is 5.56 Å². The number of halogens is 2. The number of furan rings is 1. The number of carbonyl (C=O) groups is 1. The summed E-state index contributed by atoms with van der Waals surface area (Å²) in [5, 5.41) is 3.24. The third-order valence-corrected chi connectivity index (χ3v) is 6.68. The predicted octanol–water partition coefficient (Wildman–Crippen LogP) is 6.19. The summed E-state index contributed by atoms with van der Waals surface area (Å²) in [5.41, 5.74) is 2.17. The van der Waals surface area contributed by atoms with Gasteiger partial charge in [0.15, 0.2) is 0 Å². The van der Waals surface area contributed by atoms with Gasteiger partial charge in [0.05, 0.1) is 22.0 Å². The van der Waals surface area contributed by atoms with Crippen LogP contribution in [0.1, 0.15) is 31.7 Å². The van der Waals surface area contributed by atoms with E-state index in [2.05, 4.69) is 4.90 Å². The highest BCUT2D eigenvalue weighted by molar-refractivity contribution is 6.42. The zero-order valence-electron chi connectivity index (χ0n) is 17.1. The highest BCUT2D eigenvalue weighted by Gasteiger charge is 2.28. The average molecular weight is 445 g/mol. The molecule has 4 nitrogen and oxygen atoms in total. The topological polar surface area (TPSA) is 36.7 Å². The molecule has 0 saturated carbocycles. The van der Waals surface area contributed by atoms with E-state index < -0.39 is 0 Å². The molecule has 30 heavy (non-hydrogen) atoms. The lowest BCUT2D eigenvalue weighted by molar-refractivity contribution is -0.117. The standard InChI is InChI=1S/C24H26Cl2N2O2/c1-17(29)28(24-6-2-5-19-15-30-16-21(19)24)20-9-12-27(13-10-20)11-3-4-18-7-8-22(25)23(26)14-18/h2,5-8,14-16,20H,3-4,9-13H2,1H3. The number of rotatable bonds is 6. The maximum atomic E-state index is 12.5. The van der Waals surface area contributed by atoms with Crippen molar-refractivity contribution in [2.75, 3.05) is 24.5 Å². The first-order valence-electron chi connectivity index (χ1n) is 10.4. The van der Waals surface area contributed by atoms with E-state index in [1.54, 1.807) is 19.5 Å². The first-order valence-corrected chi connectivity index (χ1v) is 11.2. The van der Waals surface area contributed by atoms with Crippen LogP contribution < -0.4 is 4.90 Å². The van der Waals surface area contributed by atoms with Crippen molar-refractivity contribution in [1.29, 1.82) is 0 Å². The van der Waals surface area contributed by atoms with Gasteiger partial charge >= 0.3 is 0 Å². The quantitative estimate of drug-likeness (QED) is 0.454. The molecule has 1 amide bonds. The minimum atomic E-state index is 0.0850. The largest absolute Gasteiger partial charge is 0.471 e. The van der Waals surface area contributed by atoms with Crippen LogP contribution in [-0.2, 0) is 11.2 Å². The van der Waals surface area contributed by atoms with Crippen molar-refractivity contribution < 1.29 is 9.21 Å². The lowest BCUT2D eigenvalue weighted by atomic mass is 10.0.